The highest BCUT2D eigenvalue weighted by Crippen LogP contribution is 2.17. The molecule has 5 nitrogen and oxygen atoms in total. The quantitative estimate of drug-likeness (QED) is 0.812. The zero-order valence-electron chi connectivity index (χ0n) is 14.9. The summed E-state index contributed by atoms with van der Waals surface area (Å²) in [5, 5.41) is 5.76. The summed E-state index contributed by atoms with van der Waals surface area (Å²) in [6.45, 7) is 13.2. The molecule has 0 fully saturated rings. The van der Waals surface area contributed by atoms with Gasteiger partial charge in [-0.15, -0.1) is 0 Å². The van der Waals surface area contributed by atoms with Gasteiger partial charge in [-0.2, -0.15) is 0 Å². The Balaban J connectivity index is 2.52. The maximum absolute atomic E-state index is 12.1. The summed E-state index contributed by atoms with van der Waals surface area (Å²) in [7, 11) is 0. The summed E-state index contributed by atoms with van der Waals surface area (Å²) in [5.74, 6) is -0.139. The summed E-state index contributed by atoms with van der Waals surface area (Å²) >= 11 is 0. The van der Waals surface area contributed by atoms with Crippen molar-refractivity contribution in [1.29, 1.82) is 0 Å². The van der Waals surface area contributed by atoms with Crippen LogP contribution in [0.5, 0.6) is 0 Å². The van der Waals surface area contributed by atoms with Crippen LogP contribution in [0.25, 0.3) is 0 Å². The minimum Gasteiger partial charge on any atom is -0.351 e. The van der Waals surface area contributed by atoms with Crippen LogP contribution < -0.4 is 10.6 Å². The summed E-state index contributed by atoms with van der Waals surface area (Å²) in [6, 6.07) is 6.96. The zero-order valence-corrected chi connectivity index (χ0v) is 14.9. The van der Waals surface area contributed by atoms with E-state index in [2.05, 4.69) is 29.4 Å². The van der Waals surface area contributed by atoms with E-state index in [-0.39, 0.29) is 11.8 Å². The minimum atomic E-state index is -0.444. The number of anilines is 1. The van der Waals surface area contributed by atoms with Crippen molar-refractivity contribution in [3.63, 3.8) is 0 Å². The van der Waals surface area contributed by atoms with E-state index < -0.39 is 5.41 Å². The summed E-state index contributed by atoms with van der Waals surface area (Å²) in [5.41, 5.74) is 0.850. The molecule has 0 spiro atoms. The van der Waals surface area contributed by atoms with Crippen LogP contribution in [-0.4, -0.2) is 42.9 Å². The van der Waals surface area contributed by atoms with E-state index in [0.29, 0.717) is 17.8 Å². The number of nitrogens with zero attached hydrogens (tertiary/aromatic N) is 1. The highest BCUT2D eigenvalue weighted by Gasteiger charge is 2.21. The SMILES string of the molecule is CCN(CC)CCNC(=O)c1ccc(NC(=O)C(C)(C)C)cc1. The lowest BCUT2D eigenvalue weighted by atomic mass is 9.95. The molecule has 2 amide bonds. The lowest BCUT2D eigenvalue weighted by Crippen LogP contribution is -2.34. The number of hydrogen-bond acceptors (Lipinski definition) is 3. The highest BCUT2D eigenvalue weighted by atomic mass is 16.2. The third-order valence-corrected chi connectivity index (χ3v) is 3.69. The zero-order chi connectivity index (χ0) is 17.5. The van der Waals surface area contributed by atoms with Crippen molar-refractivity contribution in [2.45, 2.75) is 34.6 Å². The molecule has 0 aliphatic carbocycles. The van der Waals surface area contributed by atoms with Crippen LogP contribution in [0.15, 0.2) is 24.3 Å². The van der Waals surface area contributed by atoms with Crippen LogP contribution in [0.1, 0.15) is 45.0 Å². The fraction of sp³-hybridized carbons (Fsp3) is 0.556. The topological polar surface area (TPSA) is 61.4 Å². The minimum absolute atomic E-state index is 0.0473. The third-order valence-electron chi connectivity index (χ3n) is 3.69. The van der Waals surface area contributed by atoms with Gasteiger partial charge in [0.2, 0.25) is 5.91 Å². The van der Waals surface area contributed by atoms with Gasteiger partial charge >= 0.3 is 0 Å². The Morgan fingerprint density at radius 3 is 2.09 bits per heavy atom. The number of carbonyl (C=O) groups excluding carboxylic acids is 2. The van der Waals surface area contributed by atoms with Crippen molar-refractivity contribution in [2.24, 2.45) is 5.41 Å². The van der Waals surface area contributed by atoms with Crippen molar-refractivity contribution >= 4 is 17.5 Å². The molecule has 1 aromatic carbocycles. The first-order chi connectivity index (χ1) is 10.8. The molecule has 2 N–H and O–H groups in total. The highest BCUT2D eigenvalue weighted by molar-refractivity contribution is 5.97. The Hall–Kier alpha value is -1.88. The van der Waals surface area contributed by atoms with Crippen molar-refractivity contribution in [2.75, 3.05) is 31.5 Å². The Morgan fingerprint density at radius 1 is 1.04 bits per heavy atom. The van der Waals surface area contributed by atoms with Gasteiger partial charge in [-0.05, 0) is 37.4 Å². The predicted octanol–water partition coefficient (Wildman–Crippen LogP) is 2.74. The lowest BCUT2D eigenvalue weighted by Gasteiger charge is -2.18. The number of carbonyl (C=O) groups is 2. The fourth-order valence-electron chi connectivity index (χ4n) is 1.99. The van der Waals surface area contributed by atoms with Gasteiger partial charge in [-0.25, -0.2) is 0 Å². The van der Waals surface area contributed by atoms with E-state index >= 15 is 0 Å². The second-order valence-electron chi connectivity index (χ2n) is 6.56. The maximum Gasteiger partial charge on any atom is 0.251 e. The molecular weight excluding hydrogens is 290 g/mol. The van der Waals surface area contributed by atoms with Crippen LogP contribution in [0.4, 0.5) is 5.69 Å². The Labute approximate surface area is 139 Å². The van der Waals surface area contributed by atoms with Gasteiger partial charge in [-0.3, -0.25) is 9.59 Å². The average molecular weight is 319 g/mol. The van der Waals surface area contributed by atoms with Gasteiger partial charge in [0.1, 0.15) is 0 Å². The smallest absolute Gasteiger partial charge is 0.251 e. The lowest BCUT2D eigenvalue weighted by molar-refractivity contribution is -0.123. The maximum atomic E-state index is 12.1. The van der Waals surface area contributed by atoms with Crippen LogP contribution in [0, 0.1) is 5.41 Å². The van der Waals surface area contributed by atoms with Crippen LogP contribution in [0.3, 0.4) is 0 Å². The molecule has 1 aromatic rings. The molecule has 5 heteroatoms. The first-order valence-electron chi connectivity index (χ1n) is 8.20. The third kappa shape index (κ3) is 6.40. The predicted molar refractivity (Wildman–Crippen MR) is 94.6 cm³/mol. The molecule has 0 heterocycles. The standard InChI is InChI=1S/C18H29N3O2/c1-6-21(7-2)13-12-19-16(22)14-8-10-15(11-9-14)20-17(23)18(3,4)5/h8-11H,6-7,12-13H2,1-5H3,(H,19,22)(H,20,23). The van der Waals surface area contributed by atoms with E-state index in [1.807, 2.05) is 20.8 Å². The number of nitrogens with one attached hydrogen (secondary N) is 2. The van der Waals surface area contributed by atoms with Crippen molar-refractivity contribution in [1.82, 2.24) is 10.2 Å². The molecule has 0 aliphatic rings. The molecule has 0 atom stereocenters. The van der Waals surface area contributed by atoms with Gasteiger partial charge in [0.15, 0.2) is 0 Å². The summed E-state index contributed by atoms with van der Waals surface area (Å²) < 4.78 is 0. The Bertz CT molecular complexity index is 514. The fourth-order valence-corrected chi connectivity index (χ4v) is 1.99. The van der Waals surface area contributed by atoms with Gasteiger partial charge in [0, 0.05) is 29.8 Å². The van der Waals surface area contributed by atoms with Crippen LogP contribution in [0.2, 0.25) is 0 Å². The van der Waals surface area contributed by atoms with E-state index in [4.69, 9.17) is 0 Å². The number of benzene rings is 1. The van der Waals surface area contributed by atoms with E-state index in [0.717, 1.165) is 19.6 Å². The van der Waals surface area contributed by atoms with Crippen molar-refractivity contribution < 1.29 is 9.59 Å². The van der Waals surface area contributed by atoms with E-state index in [1.165, 1.54) is 0 Å². The molecule has 0 radical (unpaired) electrons. The van der Waals surface area contributed by atoms with Crippen molar-refractivity contribution in [3.8, 4) is 0 Å². The molecule has 0 saturated carbocycles. The Morgan fingerprint density at radius 2 is 1.61 bits per heavy atom. The largest absolute Gasteiger partial charge is 0.351 e. The molecule has 23 heavy (non-hydrogen) atoms. The van der Waals surface area contributed by atoms with Gasteiger partial charge in [-0.1, -0.05) is 34.6 Å². The molecular formula is C18H29N3O2. The molecule has 0 aromatic heterocycles. The van der Waals surface area contributed by atoms with Crippen LogP contribution in [-0.2, 0) is 4.79 Å². The monoisotopic (exact) mass is 319 g/mol. The average Bonchev–Trinajstić information content (AvgIpc) is 2.51. The van der Waals surface area contributed by atoms with E-state index in [1.54, 1.807) is 24.3 Å². The normalized spacial score (nSPS) is 11.4. The number of amides is 2. The summed E-state index contributed by atoms with van der Waals surface area (Å²) in [4.78, 5) is 26.3. The van der Waals surface area contributed by atoms with Crippen LogP contribution >= 0.6 is 0 Å². The van der Waals surface area contributed by atoms with Gasteiger partial charge in [0.25, 0.3) is 5.91 Å². The second-order valence-corrected chi connectivity index (χ2v) is 6.56. The number of hydrogen-bond donors (Lipinski definition) is 2. The first-order valence-corrected chi connectivity index (χ1v) is 8.20. The van der Waals surface area contributed by atoms with E-state index in [9.17, 15) is 9.59 Å². The Kier molecular flexibility index (Phi) is 7.23. The summed E-state index contributed by atoms with van der Waals surface area (Å²) in [6.07, 6.45) is 0. The second kappa shape index (κ2) is 8.67. The number of likely N-dealkylation sites (N-methyl/N-ethyl adjacent to an activating group) is 1. The molecule has 0 bridgehead atoms. The number of rotatable bonds is 7. The molecule has 0 aliphatic heterocycles. The van der Waals surface area contributed by atoms with Gasteiger partial charge in [0.05, 0.1) is 0 Å². The molecule has 128 valence electrons. The molecule has 1 rings (SSSR count). The molecule has 0 saturated heterocycles. The van der Waals surface area contributed by atoms with Gasteiger partial charge < -0.3 is 15.5 Å². The van der Waals surface area contributed by atoms with Crippen molar-refractivity contribution in [3.05, 3.63) is 29.8 Å². The molecule has 0 unspecified atom stereocenters. The first kappa shape index (κ1) is 19.2.